The molecular formula is C22H18ClF3N2O5S. The Labute approximate surface area is 198 Å². The number of methoxy groups -OCH3 is 2. The lowest BCUT2D eigenvalue weighted by atomic mass is 10.2. The fourth-order valence-electron chi connectivity index (χ4n) is 3.04. The Kier molecular flexibility index (Phi) is 7.37. The average Bonchev–Trinajstić information content (AvgIpc) is 2.81. The summed E-state index contributed by atoms with van der Waals surface area (Å²) in [6.07, 6.45) is -4.21. The van der Waals surface area contributed by atoms with Crippen LogP contribution in [0.5, 0.6) is 5.75 Å². The lowest BCUT2D eigenvalue weighted by Crippen LogP contribution is -2.32. The molecule has 0 unspecified atom stereocenters. The molecule has 0 radical (unpaired) electrons. The molecule has 1 heterocycles. The van der Waals surface area contributed by atoms with Gasteiger partial charge in [0.25, 0.3) is 10.0 Å². The molecule has 3 aromatic rings. The van der Waals surface area contributed by atoms with Gasteiger partial charge in [0.15, 0.2) is 5.82 Å². The molecule has 0 N–H and O–H groups in total. The highest BCUT2D eigenvalue weighted by Crippen LogP contribution is 2.37. The number of ether oxygens (including phenoxy) is 2. The minimum atomic E-state index is -4.72. The summed E-state index contributed by atoms with van der Waals surface area (Å²) >= 11 is 6.09. The van der Waals surface area contributed by atoms with Crippen LogP contribution in [0.2, 0.25) is 5.02 Å². The van der Waals surface area contributed by atoms with Crippen molar-refractivity contribution in [1.29, 1.82) is 0 Å². The van der Waals surface area contributed by atoms with Crippen LogP contribution in [0, 0.1) is 0 Å². The number of pyridine rings is 1. The van der Waals surface area contributed by atoms with Crippen LogP contribution in [-0.4, -0.2) is 33.6 Å². The van der Waals surface area contributed by atoms with Crippen molar-refractivity contribution in [3.8, 4) is 5.75 Å². The van der Waals surface area contributed by atoms with E-state index in [1.807, 2.05) is 0 Å². The molecule has 0 aliphatic rings. The number of nitrogens with zero attached hydrogens (tertiary/aromatic N) is 2. The average molecular weight is 515 g/mol. The van der Waals surface area contributed by atoms with Crippen LogP contribution < -0.4 is 9.04 Å². The first-order valence-corrected chi connectivity index (χ1v) is 11.4. The molecule has 2 aromatic carbocycles. The number of hydrogen-bond acceptors (Lipinski definition) is 6. The number of halogens is 4. The molecule has 0 aliphatic carbocycles. The highest BCUT2D eigenvalue weighted by atomic mass is 35.5. The minimum Gasteiger partial charge on any atom is -0.495 e. The van der Waals surface area contributed by atoms with Gasteiger partial charge in [-0.2, -0.15) is 13.2 Å². The Balaban J connectivity index is 2.18. The van der Waals surface area contributed by atoms with Crippen LogP contribution in [0.3, 0.4) is 0 Å². The van der Waals surface area contributed by atoms with Crippen LogP contribution in [-0.2, 0) is 27.5 Å². The van der Waals surface area contributed by atoms with E-state index in [9.17, 15) is 26.4 Å². The fourth-order valence-corrected chi connectivity index (χ4v) is 4.92. The standard InChI is InChI=1S/C22H18ClF3N2O5S/c1-32-18-10-15(21(29)33-2)8-9-19(18)34(30,31)28(13-14-6-4-3-5-7-14)20-17(23)11-16(12-27-20)22(24,25)26/h3-12H,13H2,1-2H3. The molecule has 0 spiro atoms. The summed E-state index contributed by atoms with van der Waals surface area (Å²) in [6.45, 7) is -0.289. The van der Waals surface area contributed by atoms with Crippen molar-refractivity contribution >= 4 is 33.4 Å². The zero-order valence-corrected chi connectivity index (χ0v) is 19.4. The second kappa shape index (κ2) is 9.90. The predicted molar refractivity (Wildman–Crippen MR) is 118 cm³/mol. The van der Waals surface area contributed by atoms with Crippen LogP contribution in [0.15, 0.2) is 65.7 Å². The largest absolute Gasteiger partial charge is 0.495 e. The maximum absolute atomic E-state index is 13.7. The van der Waals surface area contributed by atoms with Crippen LogP contribution in [0.4, 0.5) is 19.0 Å². The molecule has 12 heteroatoms. The van der Waals surface area contributed by atoms with Gasteiger partial charge in [0.2, 0.25) is 0 Å². The summed E-state index contributed by atoms with van der Waals surface area (Å²) in [6, 6.07) is 12.5. The number of hydrogen-bond donors (Lipinski definition) is 0. The van der Waals surface area contributed by atoms with Gasteiger partial charge in [0.1, 0.15) is 10.6 Å². The zero-order chi connectivity index (χ0) is 25.1. The van der Waals surface area contributed by atoms with E-state index in [4.69, 9.17) is 16.3 Å². The second-order valence-electron chi connectivity index (χ2n) is 6.88. The van der Waals surface area contributed by atoms with Crippen molar-refractivity contribution in [1.82, 2.24) is 4.98 Å². The van der Waals surface area contributed by atoms with E-state index in [1.165, 1.54) is 26.4 Å². The quantitative estimate of drug-likeness (QED) is 0.415. The summed E-state index contributed by atoms with van der Waals surface area (Å²) in [5.41, 5.74) is -0.564. The van der Waals surface area contributed by atoms with Crippen LogP contribution in [0.25, 0.3) is 0 Å². The number of carbonyl (C=O) groups excluding carboxylic acids is 1. The number of sulfonamides is 1. The van der Waals surface area contributed by atoms with Gasteiger partial charge >= 0.3 is 12.1 Å². The number of anilines is 1. The SMILES string of the molecule is COC(=O)c1ccc(S(=O)(=O)N(Cc2ccccc2)c2ncc(C(F)(F)F)cc2Cl)c(OC)c1. The number of esters is 1. The first-order chi connectivity index (χ1) is 16.0. The topological polar surface area (TPSA) is 85.8 Å². The minimum absolute atomic E-state index is 0.0404. The first-order valence-electron chi connectivity index (χ1n) is 9.54. The van der Waals surface area contributed by atoms with E-state index in [0.29, 0.717) is 17.8 Å². The lowest BCUT2D eigenvalue weighted by molar-refractivity contribution is -0.137. The normalized spacial score (nSPS) is 11.7. The van der Waals surface area contributed by atoms with Gasteiger partial charge in [0, 0.05) is 6.20 Å². The van der Waals surface area contributed by atoms with Crippen molar-refractivity contribution < 1.29 is 35.9 Å². The first kappa shape index (κ1) is 25.3. The third-order valence-electron chi connectivity index (χ3n) is 4.71. The summed E-state index contributed by atoms with van der Waals surface area (Å²) in [5, 5.41) is -0.514. The van der Waals surface area contributed by atoms with Crippen molar-refractivity contribution in [2.75, 3.05) is 18.5 Å². The highest BCUT2D eigenvalue weighted by molar-refractivity contribution is 7.92. The van der Waals surface area contributed by atoms with Gasteiger partial charge < -0.3 is 9.47 Å². The molecule has 0 saturated heterocycles. The van der Waals surface area contributed by atoms with E-state index in [1.54, 1.807) is 30.3 Å². The Morgan fingerprint density at radius 2 is 1.76 bits per heavy atom. The molecule has 0 amide bonds. The summed E-state index contributed by atoms with van der Waals surface area (Å²) < 4.78 is 77.3. The number of alkyl halides is 3. The molecule has 7 nitrogen and oxygen atoms in total. The lowest BCUT2D eigenvalue weighted by Gasteiger charge is -2.26. The van der Waals surface area contributed by atoms with Crippen molar-refractivity contribution in [3.05, 3.63) is 82.5 Å². The predicted octanol–water partition coefficient (Wildman–Crippen LogP) is 4.94. The van der Waals surface area contributed by atoms with E-state index in [2.05, 4.69) is 9.72 Å². The van der Waals surface area contributed by atoms with Crippen LogP contribution >= 0.6 is 11.6 Å². The fraction of sp³-hybridized carbons (Fsp3) is 0.182. The van der Waals surface area contributed by atoms with Gasteiger partial charge in [-0.25, -0.2) is 22.5 Å². The summed E-state index contributed by atoms with van der Waals surface area (Å²) in [7, 11) is -2.11. The van der Waals surface area contributed by atoms with E-state index >= 15 is 0 Å². The molecular weight excluding hydrogens is 497 g/mol. The molecule has 180 valence electrons. The molecule has 1 aromatic heterocycles. The van der Waals surface area contributed by atoms with E-state index in [-0.39, 0.29) is 22.8 Å². The third kappa shape index (κ3) is 5.26. The molecule has 0 saturated carbocycles. The maximum Gasteiger partial charge on any atom is 0.417 e. The molecule has 0 bridgehead atoms. The van der Waals surface area contributed by atoms with Crippen molar-refractivity contribution in [2.24, 2.45) is 0 Å². The number of aromatic nitrogens is 1. The van der Waals surface area contributed by atoms with Gasteiger partial charge in [0.05, 0.1) is 36.9 Å². The Morgan fingerprint density at radius 3 is 2.32 bits per heavy atom. The Hall–Kier alpha value is -3.31. The van der Waals surface area contributed by atoms with Gasteiger partial charge in [-0.05, 0) is 29.8 Å². The molecule has 0 atom stereocenters. The molecule has 0 fully saturated rings. The number of rotatable bonds is 7. The number of benzene rings is 2. The number of carbonyl (C=O) groups is 1. The van der Waals surface area contributed by atoms with Gasteiger partial charge in [-0.3, -0.25) is 0 Å². The second-order valence-corrected chi connectivity index (χ2v) is 9.12. The third-order valence-corrected chi connectivity index (χ3v) is 6.76. The van der Waals surface area contributed by atoms with E-state index in [0.717, 1.165) is 10.4 Å². The van der Waals surface area contributed by atoms with Crippen LogP contribution in [0.1, 0.15) is 21.5 Å². The Morgan fingerprint density at radius 1 is 1.09 bits per heavy atom. The van der Waals surface area contributed by atoms with E-state index < -0.39 is 38.6 Å². The molecule has 34 heavy (non-hydrogen) atoms. The van der Waals surface area contributed by atoms with Crippen molar-refractivity contribution in [2.45, 2.75) is 17.6 Å². The van der Waals surface area contributed by atoms with Crippen molar-refractivity contribution in [3.63, 3.8) is 0 Å². The molecule has 3 rings (SSSR count). The Bertz CT molecular complexity index is 1300. The molecule has 0 aliphatic heterocycles. The van der Waals surface area contributed by atoms with Gasteiger partial charge in [-0.15, -0.1) is 0 Å². The maximum atomic E-state index is 13.7. The van der Waals surface area contributed by atoms with Gasteiger partial charge in [-0.1, -0.05) is 41.9 Å². The summed E-state index contributed by atoms with van der Waals surface area (Å²) in [5.74, 6) is -1.29. The summed E-state index contributed by atoms with van der Waals surface area (Å²) in [4.78, 5) is 15.2. The smallest absolute Gasteiger partial charge is 0.417 e. The zero-order valence-electron chi connectivity index (χ0n) is 17.8. The highest BCUT2D eigenvalue weighted by Gasteiger charge is 2.35. The monoisotopic (exact) mass is 514 g/mol.